The zero-order chi connectivity index (χ0) is 23.4. The monoisotopic (exact) mass is 442 g/mol. The van der Waals surface area contributed by atoms with Crippen LogP contribution in [-0.2, 0) is 20.4 Å². The van der Waals surface area contributed by atoms with Gasteiger partial charge in [0, 0.05) is 23.8 Å². The van der Waals surface area contributed by atoms with Crippen LogP contribution in [0.3, 0.4) is 0 Å². The summed E-state index contributed by atoms with van der Waals surface area (Å²) >= 11 is 0. The Bertz CT molecular complexity index is 1240. The van der Waals surface area contributed by atoms with Gasteiger partial charge in [-0.05, 0) is 59.2 Å². The molecule has 0 spiro atoms. The summed E-state index contributed by atoms with van der Waals surface area (Å²) in [4.78, 5) is 23.6. The number of methoxy groups -OCH3 is 1. The Labute approximate surface area is 192 Å². The first kappa shape index (κ1) is 21.3. The third kappa shape index (κ3) is 2.71. The average molecular weight is 443 g/mol. The molecule has 2 bridgehead atoms. The summed E-state index contributed by atoms with van der Waals surface area (Å²) in [5, 5.41) is 19.4. The number of hydrogen-bond donors (Lipinski definition) is 2. The molecule has 0 amide bonds. The quantitative estimate of drug-likeness (QED) is 0.536. The second-order valence-corrected chi connectivity index (χ2v) is 9.02. The van der Waals surface area contributed by atoms with Gasteiger partial charge < -0.3 is 14.9 Å². The van der Waals surface area contributed by atoms with Crippen molar-refractivity contribution in [1.82, 2.24) is 0 Å². The van der Waals surface area contributed by atoms with Crippen molar-refractivity contribution in [2.45, 2.75) is 43.4 Å². The lowest BCUT2D eigenvalue weighted by atomic mass is 9.44. The van der Waals surface area contributed by atoms with Crippen LogP contribution in [0.4, 0.5) is 0 Å². The van der Waals surface area contributed by atoms with E-state index < -0.39 is 22.8 Å². The van der Waals surface area contributed by atoms with Crippen LogP contribution < -0.4 is 4.74 Å². The molecular formula is C28H26O5. The Hall–Kier alpha value is -3.60. The highest BCUT2D eigenvalue weighted by molar-refractivity contribution is 5.80. The molecule has 0 aromatic heterocycles. The van der Waals surface area contributed by atoms with Gasteiger partial charge in [0.25, 0.3) is 0 Å². The van der Waals surface area contributed by atoms with Gasteiger partial charge in [0.1, 0.15) is 5.75 Å². The number of hydrogen-bond acceptors (Lipinski definition) is 3. The third-order valence-electron chi connectivity index (χ3n) is 7.57. The van der Waals surface area contributed by atoms with Crippen molar-refractivity contribution in [1.29, 1.82) is 0 Å². The molecule has 0 saturated carbocycles. The smallest absolute Gasteiger partial charge is 0.303 e. The molecule has 3 aromatic rings. The Morgan fingerprint density at radius 1 is 0.727 bits per heavy atom. The summed E-state index contributed by atoms with van der Waals surface area (Å²) in [6, 6.07) is 20.3. The van der Waals surface area contributed by atoms with Crippen molar-refractivity contribution >= 4 is 11.9 Å². The molecule has 0 radical (unpaired) electrons. The average Bonchev–Trinajstić information content (AvgIpc) is 2.82. The Kier molecular flexibility index (Phi) is 4.82. The predicted octanol–water partition coefficient (Wildman–Crippen LogP) is 5.03. The molecule has 3 aromatic carbocycles. The molecule has 3 aliphatic carbocycles. The molecule has 5 nitrogen and oxygen atoms in total. The van der Waals surface area contributed by atoms with Crippen LogP contribution in [0.1, 0.15) is 64.6 Å². The summed E-state index contributed by atoms with van der Waals surface area (Å²) < 4.78 is 5.89. The number of ether oxygens (including phenoxy) is 1. The Morgan fingerprint density at radius 2 is 1.15 bits per heavy atom. The van der Waals surface area contributed by atoms with Crippen molar-refractivity contribution in [3.63, 3.8) is 0 Å². The Balaban J connectivity index is 1.98. The van der Waals surface area contributed by atoms with Crippen molar-refractivity contribution in [3.8, 4) is 5.75 Å². The van der Waals surface area contributed by atoms with Gasteiger partial charge in [0.15, 0.2) is 0 Å². The maximum atomic E-state index is 11.8. The topological polar surface area (TPSA) is 83.8 Å². The van der Waals surface area contributed by atoms with E-state index in [1.807, 2.05) is 36.4 Å². The number of rotatable bonds is 7. The highest BCUT2D eigenvalue weighted by Crippen LogP contribution is 2.66. The van der Waals surface area contributed by atoms with Crippen LogP contribution in [0, 0.1) is 6.92 Å². The standard InChI is InChI=1S/C28H26O5/c1-17-11-12-22(33-2)26-25(17)27(15-13-23(29)30)18-7-3-5-9-20(18)28(26,16-14-24(31)32)21-10-6-4-8-19(21)27/h3-12H,13-16H2,1-2H3,(H,29,30)(H,31,32). The second-order valence-electron chi connectivity index (χ2n) is 9.02. The van der Waals surface area contributed by atoms with Gasteiger partial charge in [-0.3, -0.25) is 9.59 Å². The third-order valence-corrected chi connectivity index (χ3v) is 7.57. The van der Waals surface area contributed by atoms with E-state index in [9.17, 15) is 19.8 Å². The molecule has 3 aliphatic rings. The zero-order valence-corrected chi connectivity index (χ0v) is 18.7. The molecule has 0 heterocycles. The number of carboxylic acids is 2. The fourth-order valence-electron chi connectivity index (χ4n) is 6.49. The summed E-state index contributed by atoms with van der Waals surface area (Å²) in [5.74, 6) is -0.972. The zero-order valence-electron chi connectivity index (χ0n) is 18.7. The van der Waals surface area contributed by atoms with Crippen molar-refractivity contribution in [2.75, 3.05) is 7.11 Å². The van der Waals surface area contributed by atoms with Gasteiger partial charge in [0.05, 0.1) is 12.5 Å². The molecule has 5 heteroatoms. The van der Waals surface area contributed by atoms with Crippen LogP contribution in [0.15, 0.2) is 60.7 Å². The minimum atomic E-state index is -0.846. The summed E-state index contributed by atoms with van der Waals surface area (Å²) in [6.45, 7) is 2.05. The van der Waals surface area contributed by atoms with Crippen LogP contribution in [-0.4, -0.2) is 29.3 Å². The molecule has 168 valence electrons. The predicted molar refractivity (Wildman–Crippen MR) is 124 cm³/mol. The number of carboxylic acid groups (broad SMARTS) is 2. The van der Waals surface area contributed by atoms with Gasteiger partial charge in [-0.15, -0.1) is 0 Å². The van der Waals surface area contributed by atoms with E-state index in [0.717, 1.165) is 38.9 Å². The van der Waals surface area contributed by atoms with Gasteiger partial charge in [0.2, 0.25) is 0 Å². The molecule has 0 atom stereocenters. The first-order chi connectivity index (χ1) is 15.9. The fraction of sp³-hybridized carbons (Fsp3) is 0.286. The lowest BCUT2D eigenvalue weighted by molar-refractivity contribution is -0.138. The van der Waals surface area contributed by atoms with Gasteiger partial charge >= 0.3 is 11.9 Å². The van der Waals surface area contributed by atoms with Crippen molar-refractivity contribution < 1.29 is 24.5 Å². The lowest BCUT2D eigenvalue weighted by Gasteiger charge is -2.57. The summed E-state index contributed by atoms with van der Waals surface area (Å²) in [5.41, 5.74) is 5.99. The highest BCUT2D eigenvalue weighted by Gasteiger charge is 2.59. The van der Waals surface area contributed by atoms with E-state index in [2.05, 4.69) is 31.2 Å². The number of aryl methyl sites for hydroxylation is 1. The maximum Gasteiger partial charge on any atom is 0.303 e. The number of aliphatic carboxylic acids is 2. The molecule has 6 rings (SSSR count). The molecule has 0 saturated heterocycles. The van der Waals surface area contributed by atoms with Gasteiger partial charge in [-0.25, -0.2) is 0 Å². The number of benzene rings is 3. The molecule has 0 unspecified atom stereocenters. The first-order valence-corrected chi connectivity index (χ1v) is 11.2. The van der Waals surface area contributed by atoms with Crippen LogP contribution >= 0.6 is 0 Å². The summed E-state index contributed by atoms with van der Waals surface area (Å²) in [6.07, 6.45) is 0.812. The minimum absolute atomic E-state index is 0.00132. The van der Waals surface area contributed by atoms with E-state index in [-0.39, 0.29) is 12.8 Å². The molecular weight excluding hydrogens is 416 g/mol. The minimum Gasteiger partial charge on any atom is -0.496 e. The molecule has 2 N–H and O–H groups in total. The van der Waals surface area contributed by atoms with Crippen molar-refractivity contribution in [2.24, 2.45) is 0 Å². The van der Waals surface area contributed by atoms with E-state index in [0.29, 0.717) is 18.6 Å². The molecule has 0 aliphatic heterocycles. The van der Waals surface area contributed by atoms with Crippen LogP contribution in [0.5, 0.6) is 5.75 Å². The highest BCUT2D eigenvalue weighted by atomic mass is 16.5. The first-order valence-electron chi connectivity index (χ1n) is 11.2. The largest absolute Gasteiger partial charge is 0.496 e. The Morgan fingerprint density at radius 3 is 1.55 bits per heavy atom. The van der Waals surface area contributed by atoms with E-state index in [1.54, 1.807) is 7.11 Å². The second kappa shape index (κ2) is 7.48. The van der Waals surface area contributed by atoms with Crippen molar-refractivity contribution in [3.05, 3.63) is 99.6 Å². The SMILES string of the molecule is COc1ccc(C)c2c1C1(CCC(=O)O)c3ccccc3C2(CCC(=O)O)c2ccccc21. The maximum absolute atomic E-state index is 11.8. The number of carbonyl (C=O) groups is 2. The lowest BCUT2D eigenvalue weighted by Crippen LogP contribution is -2.51. The van der Waals surface area contributed by atoms with Crippen LogP contribution in [0.2, 0.25) is 0 Å². The van der Waals surface area contributed by atoms with Gasteiger partial charge in [-0.1, -0.05) is 54.6 Å². The van der Waals surface area contributed by atoms with E-state index in [1.165, 1.54) is 0 Å². The molecule has 0 fully saturated rings. The van der Waals surface area contributed by atoms with E-state index >= 15 is 0 Å². The normalized spacial score (nSPS) is 21.6. The summed E-state index contributed by atoms with van der Waals surface area (Å²) in [7, 11) is 1.64. The van der Waals surface area contributed by atoms with Gasteiger partial charge in [-0.2, -0.15) is 0 Å². The van der Waals surface area contributed by atoms with E-state index in [4.69, 9.17) is 4.74 Å². The van der Waals surface area contributed by atoms with Crippen LogP contribution in [0.25, 0.3) is 0 Å². The fourth-order valence-corrected chi connectivity index (χ4v) is 6.49. The molecule has 33 heavy (non-hydrogen) atoms.